The predicted molar refractivity (Wildman–Crippen MR) is 106 cm³/mol. The number of carbonyl (C=O) groups is 1. The van der Waals surface area contributed by atoms with E-state index in [1.807, 2.05) is 0 Å². The van der Waals surface area contributed by atoms with Crippen molar-refractivity contribution in [3.63, 3.8) is 0 Å². The van der Waals surface area contributed by atoms with Crippen molar-refractivity contribution in [1.29, 1.82) is 0 Å². The van der Waals surface area contributed by atoms with Crippen molar-refractivity contribution >= 4 is 34.9 Å². The van der Waals surface area contributed by atoms with Gasteiger partial charge in [-0.25, -0.2) is 4.39 Å². The average Bonchev–Trinajstić information content (AvgIpc) is 2.68. The molecule has 5 nitrogen and oxygen atoms in total. The zero-order valence-corrected chi connectivity index (χ0v) is 16.4. The smallest absolute Gasteiger partial charge is 0.269 e. The van der Waals surface area contributed by atoms with Gasteiger partial charge in [-0.2, -0.15) is 0 Å². The van der Waals surface area contributed by atoms with Gasteiger partial charge < -0.3 is 4.74 Å². The van der Waals surface area contributed by atoms with Gasteiger partial charge in [0, 0.05) is 10.6 Å². The topological polar surface area (TPSA) is 55.3 Å². The number of anilines is 1. The van der Waals surface area contributed by atoms with Gasteiger partial charge in [0.25, 0.3) is 5.91 Å². The Kier molecular flexibility index (Phi) is 6.44. The van der Waals surface area contributed by atoms with E-state index in [-0.39, 0.29) is 17.5 Å². The molecule has 1 heterocycles. The summed E-state index contributed by atoms with van der Waals surface area (Å²) in [5.74, 6) is -0.161. The quantitative estimate of drug-likeness (QED) is 0.568. The first-order valence-corrected chi connectivity index (χ1v) is 9.16. The molecule has 0 bridgehead atoms. The Morgan fingerprint density at radius 3 is 2.57 bits per heavy atom. The molecule has 3 aromatic rings. The molecule has 0 aliphatic heterocycles. The summed E-state index contributed by atoms with van der Waals surface area (Å²) in [5.41, 5.74) is 0.336. The van der Waals surface area contributed by atoms with Crippen molar-refractivity contribution in [3.8, 4) is 5.75 Å². The molecule has 0 saturated heterocycles. The van der Waals surface area contributed by atoms with Crippen LogP contribution in [0.3, 0.4) is 0 Å². The minimum Gasteiger partial charge on any atom is -0.481 e. The average molecular weight is 420 g/mol. The van der Waals surface area contributed by atoms with Gasteiger partial charge in [0.1, 0.15) is 11.6 Å². The molecule has 1 atom stereocenters. The number of halogens is 3. The highest BCUT2D eigenvalue weighted by atomic mass is 35.5. The molecule has 1 amide bonds. The summed E-state index contributed by atoms with van der Waals surface area (Å²) in [4.78, 5) is 14.4. The Labute approximate surface area is 171 Å². The lowest BCUT2D eigenvalue weighted by Gasteiger charge is -2.25. The lowest BCUT2D eigenvalue weighted by atomic mass is 10.2. The fourth-order valence-corrected chi connectivity index (χ4v) is 2.82. The van der Waals surface area contributed by atoms with E-state index in [0.29, 0.717) is 16.3 Å². The highest BCUT2D eigenvalue weighted by molar-refractivity contribution is 6.30. The molecule has 3 rings (SSSR count). The summed E-state index contributed by atoms with van der Waals surface area (Å²) in [6, 6.07) is 16.0. The fourth-order valence-electron chi connectivity index (χ4n) is 2.54. The van der Waals surface area contributed by atoms with Crippen molar-refractivity contribution < 1.29 is 13.9 Å². The highest BCUT2D eigenvalue weighted by Gasteiger charge is 2.26. The largest absolute Gasteiger partial charge is 0.481 e. The van der Waals surface area contributed by atoms with Crippen LogP contribution in [0.4, 0.5) is 10.2 Å². The molecule has 0 spiro atoms. The summed E-state index contributed by atoms with van der Waals surface area (Å²) in [7, 11) is 0. The van der Waals surface area contributed by atoms with Crippen molar-refractivity contribution in [1.82, 2.24) is 10.2 Å². The van der Waals surface area contributed by atoms with E-state index in [4.69, 9.17) is 27.9 Å². The van der Waals surface area contributed by atoms with Gasteiger partial charge >= 0.3 is 0 Å². The number of hydrogen-bond acceptors (Lipinski definition) is 4. The second kappa shape index (κ2) is 8.99. The van der Waals surface area contributed by atoms with E-state index < -0.39 is 17.8 Å². The van der Waals surface area contributed by atoms with Crippen LogP contribution >= 0.6 is 23.2 Å². The van der Waals surface area contributed by atoms with E-state index in [2.05, 4.69) is 10.2 Å². The van der Waals surface area contributed by atoms with Crippen LogP contribution in [-0.2, 0) is 11.3 Å². The standard InChI is InChI=1S/C20H16Cl2FN3O2/c1-13(28-16-7-4-6-15(21)11-16)20(27)26(19-10-9-18(22)24-25-19)12-14-5-2-3-8-17(14)23/h2-11,13H,12H2,1H3/t13-/m0/s1. The molecule has 0 saturated carbocycles. The molecule has 0 N–H and O–H groups in total. The van der Waals surface area contributed by atoms with Gasteiger partial charge in [-0.15, -0.1) is 10.2 Å². The number of ether oxygens (including phenoxy) is 1. The first-order chi connectivity index (χ1) is 13.4. The molecule has 8 heteroatoms. The van der Waals surface area contributed by atoms with Gasteiger partial charge in [-0.1, -0.05) is 47.5 Å². The normalized spacial score (nSPS) is 11.7. The van der Waals surface area contributed by atoms with Gasteiger partial charge in [-0.3, -0.25) is 9.69 Å². The van der Waals surface area contributed by atoms with Crippen LogP contribution < -0.4 is 9.64 Å². The number of hydrogen-bond donors (Lipinski definition) is 0. The Morgan fingerprint density at radius 1 is 1.11 bits per heavy atom. The number of benzene rings is 2. The summed E-state index contributed by atoms with van der Waals surface area (Å²) < 4.78 is 19.9. The third-order valence-electron chi connectivity index (χ3n) is 3.90. The maximum atomic E-state index is 14.1. The Hall–Kier alpha value is -2.70. The van der Waals surface area contributed by atoms with Crippen LogP contribution in [0.1, 0.15) is 12.5 Å². The number of nitrogens with zero attached hydrogens (tertiary/aromatic N) is 3. The van der Waals surface area contributed by atoms with E-state index in [1.54, 1.807) is 55.5 Å². The Balaban J connectivity index is 1.87. The minimum atomic E-state index is -0.872. The minimum absolute atomic E-state index is 0.0366. The maximum Gasteiger partial charge on any atom is 0.269 e. The molecule has 0 aliphatic carbocycles. The van der Waals surface area contributed by atoms with Crippen LogP contribution in [0.2, 0.25) is 10.2 Å². The monoisotopic (exact) mass is 419 g/mol. The van der Waals surface area contributed by atoms with Gasteiger partial charge in [-0.05, 0) is 43.3 Å². The van der Waals surface area contributed by atoms with E-state index in [1.165, 1.54) is 17.0 Å². The molecular formula is C20H16Cl2FN3O2. The number of carbonyl (C=O) groups excluding carboxylic acids is 1. The van der Waals surface area contributed by atoms with Crippen LogP contribution in [0, 0.1) is 5.82 Å². The number of aromatic nitrogens is 2. The SMILES string of the molecule is C[C@H](Oc1cccc(Cl)c1)C(=O)N(Cc1ccccc1F)c1ccc(Cl)nn1. The van der Waals surface area contributed by atoms with Crippen molar-refractivity contribution in [2.75, 3.05) is 4.90 Å². The van der Waals surface area contributed by atoms with Crippen LogP contribution in [-0.4, -0.2) is 22.2 Å². The molecule has 0 fully saturated rings. The molecule has 0 aliphatic rings. The lowest BCUT2D eigenvalue weighted by Crippen LogP contribution is -2.41. The summed E-state index contributed by atoms with van der Waals surface area (Å²) in [5, 5.41) is 8.40. The molecule has 0 radical (unpaired) electrons. The molecule has 0 unspecified atom stereocenters. The lowest BCUT2D eigenvalue weighted by molar-refractivity contribution is -0.124. The van der Waals surface area contributed by atoms with E-state index in [9.17, 15) is 9.18 Å². The second-order valence-electron chi connectivity index (χ2n) is 5.95. The van der Waals surface area contributed by atoms with E-state index >= 15 is 0 Å². The fraction of sp³-hybridized carbons (Fsp3) is 0.150. The number of rotatable bonds is 6. The second-order valence-corrected chi connectivity index (χ2v) is 6.77. The van der Waals surface area contributed by atoms with E-state index in [0.717, 1.165) is 0 Å². The van der Waals surface area contributed by atoms with Gasteiger partial charge in [0.15, 0.2) is 17.1 Å². The molecule has 1 aromatic heterocycles. The first kappa shape index (κ1) is 20.0. The van der Waals surface area contributed by atoms with Gasteiger partial charge in [0.2, 0.25) is 0 Å². The van der Waals surface area contributed by atoms with Gasteiger partial charge in [0.05, 0.1) is 6.54 Å². The molecule has 28 heavy (non-hydrogen) atoms. The van der Waals surface area contributed by atoms with Crippen molar-refractivity contribution in [2.24, 2.45) is 0 Å². The Morgan fingerprint density at radius 2 is 1.89 bits per heavy atom. The molecular weight excluding hydrogens is 404 g/mol. The van der Waals surface area contributed by atoms with Crippen LogP contribution in [0.25, 0.3) is 0 Å². The highest BCUT2D eigenvalue weighted by Crippen LogP contribution is 2.22. The zero-order valence-electron chi connectivity index (χ0n) is 14.8. The van der Waals surface area contributed by atoms with Crippen molar-refractivity contribution in [2.45, 2.75) is 19.6 Å². The third-order valence-corrected chi connectivity index (χ3v) is 4.34. The van der Waals surface area contributed by atoms with Crippen LogP contribution in [0.15, 0.2) is 60.7 Å². The Bertz CT molecular complexity index is 970. The first-order valence-electron chi connectivity index (χ1n) is 8.40. The van der Waals surface area contributed by atoms with Crippen molar-refractivity contribution in [3.05, 3.63) is 82.2 Å². The van der Waals surface area contributed by atoms with Crippen LogP contribution in [0.5, 0.6) is 5.75 Å². The predicted octanol–water partition coefficient (Wildman–Crippen LogP) is 4.92. The molecule has 144 valence electrons. The maximum absolute atomic E-state index is 14.1. The molecule has 2 aromatic carbocycles. The summed E-state index contributed by atoms with van der Waals surface area (Å²) in [6.45, 7) is 1.56. The number of amides is 1. The zero-order chi connectivity index (χ0) is 20.1. The summed E-state index contributed by atoms with van der Waals surface area (Å²) in [6.07, 6.45) is -0.872. The third kappa shape index (κ3) is 4.97. The summed E-state index contributed by atoms with van der Waals surface area (Å²) >= 11 is 11.7.